The first kappa shape index (κ1) is 14.1. The third-order valence-electron chi connectivity index (χ3n) is 4.74. The second kappa shape index (κ2) is 5.48. The summed E-state index contributed by atoms with van der Waals surface area (Å²) in [6, 6.07) is 6.70. The van der Waals surface area contributed by atoms with E-state index in [4.69, 9.17) is 4.98 Å². The topological polar surface area (TPSA) is 24.9 Å². The fraction of sp³-hybridized carbons (Fsp3) is 0.722. The van der Waals surface area contributed by atoms with E-state index in [1.165, 1.54) is 43.5 Å². The summed E-state index contributed by atoms with van der Waals surface area (Å²) in [5.74, 6) is 2.20. The second-order valence-corrected chi connectivity index (χ2v) is 7.69. The van der Waals surface area contributed by atoms with Gasteiger partial charge in [-0.1, -0.05) is 12.5 Å². The molecule has 1 N–H and O–H groups in total. The average molecular weight is 272 g/mol. The molecule has 0 aromatic carbocycles. The number of rotatable bonds is 5. The van der Waals surface area contributed by atoms with Crippen LogP contribution in [0.3, 0.4) is 0 Å². The van der Waals surface area contributed by atoms with Crippen LogP contribution in [-0.2, 0) is 0 Å². The molecule has 0 spiro atoms. The fourth-order valence-corrected chi connectivity index (χ4v) is 3.03. The van der Waals surface area contributed by atoms with E-state index in [2.05, 4.69) is 44.3 Å². The molecule has 0 aliphatic heterocycles. The van der Waals surface area contributed by atoms with Gasteiger partial charge in [-0.25, -0.2) is 0 Å². The monoisotopic (exact) mass is 272 g/mol. The molecule has 2 aliphatic rings. The first-order valence-electron chi connectivity index (χ1n) is 8.25. The van der Waals surface area contributed by atoms with Crippen LogP contribution in [-0.4, -0.2) is 17.1 Å². The van der Waals surface area contributed by atoms with Gasteiger partial charge in [0.1, 0.15) is 0 Å². The Morgan fingerprint density at radius 3 is 2.50 bits per heavy atom. The molecule has 1 atom stereocenters. The predicted octanol–water partition coefficient (Wildman–Crippen LogP) is 4.23. The van der Waals surface area contributed by atoms with Crippen molar-refractivity contribution in [3.8, 4) is 0 Å². The van der Waals surface area contributed by atoms with Crippen molar-refractivity contribution in [2.24, 2.45) is 5.92 Å². The molecule has 2 aliphatic carbocycles. The highest BCUT2D eigenvalue weighted by Crippen LogP contribution is 2.43. The normalized spacial score (nSPS) is 21.6. The number of nitrogens with zero attached hydrogens (tertiary/aromatic N) is 1. The van der Waals surface area contributed by atoms with E-state index in [1.807, 2.05) is 0 Å². The highest BCUT2D eigenvalue weighted by atomic mass is 15.0. The lowest BCUT2D eigenvalue weighted by molar-refractivity contribution is 0.386. The molecular weight excluding hydrogens is 244 g/mol. The summed E-state index contributed by atoms with van der Waals surface area (Å²) in [5, 5.41) is 3.68. The number of pyridine rings is 1. The molecule has 0 unspecified atom stereocenters. The average Bonchev–Trinajstić information content (AvgIpc) is 3.10. The van der Waals surface area contributed by atoms with Gasteiger partial charge in [0.05, 0.1) is 0 Å². The van der Waals surface area contributed by atoms with Crippen molar-refractivity contribution in [1.82, 2.24) is 10.3 Å². The number of aromatic nitrogens is 1. The molecule has 0 radical (unpaired) electrons. The van der Waals surface area contributed by atoms with Crippen molar-refractivity contribution in [1.29, 1.82) is 0 Å². The standard InChI is InChI=1S/C18H28N2/c1-18(2,3)19-12-15(13-10-11-13)17-9-5-8-16(20-17)14-6-4-7-14/h5,8-9,13-15,19H,4,6-7,10-12H2,1-3H3/t15-/m0/s1. The molecule has 3 rings (SSSR count). The molecule has 2 saturated carbocycles. The summed E-state index contributed by atoms with van der Waals surface area (Å²) in [7, 11) is 0. The van der Waals surface area contributed by atoms with E-state index in [1.54, 1.807) is 0 Å². The minimum absolute atomic E-state index is 0.193. The van der Waals surface area contributed by atoms with Crippen LogP contribution in [0.1, 0.15) is 76.1 Å². The van der Waals surface area contributed by atoms with Crippen LogP contribution in [0, 0.1) is 5.92 Å². The number of nitrogens with one attached hydrogen (secondary N) is 1. The van der Waals surface area contributed by atoms with E-state index < -0.39 is 0 Å². The van der Waals surface area contributed by atoms with Crippen molar-refractivity contribution >= 4 is 0 Å². The summed E-state index contributed by atoms with van der Waals surface area (Å²) in [6.07, 6.45) is 6.82. The molecule has 2 fully saturated rings. The number of hydrogen-bond acceptors (Lipinski definition) is 2. The zero-order valence-electron chi connectivity index (χ0n) is 13.2. The van der Waals surface area contributed by atoms with Crippen LogP contribution >= 0.6 is 0 Å². The first-order valence-corrected chi connectivity index (χ1v) is 8.25. The maximum Gasteiger partial charge on any atom is 0.0453 e. The Morgan fingerprint density at radius 2 is 1.95 bits per heavy atom. The lowest BCUT2D eigenvalue weighted by Gasteiger charge is -2.27. The van der Waals surface area contributed by atoms with Crippen molar-refractivity contribution in [3.05, 3.63) is 29.6 Å². The molecule has 1 heterocycles. The van der Waals surface area contributed by atoms with E-state index in [0.29, 0.717) is 5.92 Å². The van der Waals surface area contributed by atoms with Crippen LogP contribution in [0.5, 0.6) is 0 Å². The second-order valence-electron chi connectivity index (χ2n) is 7.69. The van der Waals surface area contributed by atoms with Crippen molar-refractivity contribution < 1.29 is 0 Å². The molecule has 0 amide bonds. The van der Waals surface area contributed by atoms with Crippen molar-refractivity contribution in [3.63, 3.8) is 0 Å². The highest BCUT2D eigenvalue weighted by Gasteiger charge is 2.34. The molecule has 0 saturated heterocycles. The van der Waals surface area contributed by atoms with Gasteiger partial charge in [-0.3, -0.25) is 4.98 Å². The van der Waals surface area contributed by atoms with Crippen molar-refractivity contribution in [2.45, 2.75) is 70.3 Å². The van der Waals surface area contributed by atoms with Gasteiger partial charge in [0, 0.05) is 35.3 Å². The molecule has 20 heavy (non-hydrogen) atoms. The molecule has 2 heteroatoms. The van der Waals surface area contributed by atoms with Crippen LogP contribution in [0.25, 0.3) is 0 Å². The summed E-state index contributed by atoms with van der Waals surface area (Å²) in [5.41, 5.74) is 2.86. The van der Waals surface area contributed by atoms with Gasteiger partial charge < -0.3 is 5.32 Å². The molecule has 110 valence electrons. The van der Waals surface area contributed by atoms with Gasteiger partial charge in [-0.05, 0) is 64.5 Å². The maximum absolute atomic E-state index is 5.02. The zero-order chi connectivity index (χ0) is 14.2. The minimum atomic E-state index is 0.193. The quantitative estimate of drug-likeness (QED) is 0.867. The zero-order valence-corrected chi connectivity index (χ0v) is 13.2. The van der Waals surface area contributed by atoms with Crippen LogP contribution in [0.15, 0.2) is 18.2 Å². The van der Waals surface area contributed by atoms with E-state index in [-0.39, 0.29) is 5.54 Å². The number of hydrogen-bond donors (Lipinski definition) is 1. The molecule has 0 bridgehead atoms. The Balaban J connectivity index is 1.73. The van der Waals surface area contributed by atoms with Gasteiger partial charge >= 0.3 is 0 Å². The van der Waals surface area contributed by atoms with E-state index in [9.17, 15) is 0 Å². The summed E-state index contributed by atoms with van der Waals surface area (Å²) in [6.45, 7) is 7.80. The highest BCUT2D eigenvalue weighted by molar-refractivity contribution is 5.21. The largest absolute Gasteiger partial charge is 0.311 e. The molecule has 1 aromatic heterocycles. The predicted molar refractivity (Wildman–Crippen MR) is 84.0 cm³/mol. The van der Waals surface area contributed by atoms with Crippen LogP contribution < -0.4 is 5.32 Å². The Kier molecular flexibility index (Phi) is 3.85. The SMILES string of the molecule is CC(C)(C)NC[C@H](c1cccc(C2CCC2)n1)C1CC1. The summed E-state index contributed by atoms with van der Waals surface area (Å²) in [4.78, 5) is 5.02. The Bertz CT molecular complexity index is 453. The third kappa shape index (κ3) is 3.41. The summed E-state index contributed by atoms with van der Waals surface area (Å²) < 4.78 is 0. The summed E-state index contributed by atoms with van der Waals surface area (Å²) >= 11 is 0. The van der Waals surface area contributed by atoms with Crippen LogP contribution in [0.4, 0.5) is 0 Å². The smallest absolute Gasteiger partial charge is 0.0453 e. The van der Waals surface area contributed by atoms with Gasteiger partial charge in [0.2, 0.25) is 0 Å². The molecular formula is C18H28N2. The third-order valence-corrected chi connectivity index (χ3v) is 4.74. The molecule has 1 aromatic rings. The Hall–Kier alpha value is -0.890. The van der Waals surface area contributed by atoms with Crippen molar-refractivity contribution in [2.75, 3.05) is 6.54 Å². The Labute approximate surface area is 123 Å². The van der Waals surface area contributed by atoms with E-state index in [0.717, 1.165) is 18.4 Å². The molecule has 2 nitrogen and oxygen atoms in total. The first-order chi connectivity index (χ1) is 9.53. The van der Waals surface area contributed by atoms with Gasteiger partial charge in [-0.2, -0.15) is 0 Å². The van der Waals surface area contributed by atoms with Gasteiger partial charge in [-0.15, -0.1) is 0 Å². The lowest BCUT2D eigenvalue weighted by atomic mass is 9.82. The van der Waals surface area contributed by atoms with Crippen LogP contribution in [0.2, 0.25) is 0 Å². The minimum Gasteiger partial charge on any atom is -0.311 e. The fourth-order valence-electron chi connectivity index (χ4n) is 3.03. The Morgan fingerprint density at radius 1 is 1.20 bits per heavy atom. The van der Waals surface area contributed by atoms with Gasteiger partial charge in [0.15, 0.2) is 0 Å². The van der Waals surface area contributed by atoms with E-state index >= 15 is 0 Å². The van der Waals surface area contributed by atoms with Gasteiger partial charge in [0.25, 0.3) is 0 Å². The lowest BCUT2D eigenvalue weighted by Crippen LogP contribution is -2.39. The maximum atomic E-state index is 5.02.